The summed E-state index contributed by atoms with van der Waals surface area (Å²) in [5.41, 5.74) is 2.00. The lowest BCUT2D eigenvalue weighted by Gasteiger charge is -2.33. The zero-order valence-corrected chi connectivity index (χ0v) is 18.0. The minimum atomic E-state index is -3.54. The Morgan fingerprint density at radius 3 is 2.81 bits per heavy atom. The summed E-state index contributed by atoms with van der Waals surface area (Å²) in [5, 5.41) is 5.11. The molecule has 0 saturated carbocycles. The van der Waals surface area contributed by atoms with Crippen molar-refractivity contribution in [3.8, 4) is 0 Å². The molecule has 160 valence electrons. The quantitative estimate of drug-likeness (QED) is 0.482. The number of fused-ring (bicyclic) bond motifs is 2. The largest absolute Gasteiger partial charge is 0.451 e. The molecule has 0 N–H and O–H groups in total. The first-order valence-corrected chi connectivity index (χ1v) is 11.9. The fourth-order valence-corrected chi connectivity index (χ4v) is 5.22. The number of carbonyl (C=O) groups excluding carboxylic acids is 1. The van der Waals surface area contributed by atoms with Gasteiger partial charge in [-0.2, -0.15) is 14.6 Å². The summed E-state index contributed by atoms with van der Waals surface area (Å²) < 4.78 is 32.2. The van der Waals surface area contributed by atoms with Gasteiger partial charge in [0.1, 0.15) is 16.8 Å². The van der Waals surface area contributed by atoms with Crippen LogP contribution >= 0.6 is 0 Å². The molecular formula is C21H21N5O4S. The van der Waals surface area contributed by atoms with Gasteiger partial charge in [-0.25, -0.2) is 13.4 Å². The Morgan fingerprint density at radius 1 is 1.23 bits per heavy atom. The van der Waals surface area contributed by atoms with Crippen molar-refractivity contribution in [2.75, 3.05) is 19.3 Å². The van der Waals surface area contributed by atoms with Crippen LogP contribution in [0, 0.1) is 6.92 Å². The molecule has 4 heterocycles. The molecule has 1 aliphatic rings. The van der Waals surface area contributed by atoms with Crippen molar-refractivity contribution in [2.45, 2.75) is 30.6 Å². The second kappa shape index (κ2) is 7.16. The topological polar surface area (TPSA) is 111 Å². The molecule has 4 aromatic rings. The van der Waals surface area contributed by atoms with Crippen molar-refractivity contribution in [2.24, 2.45) is 0 Å². The molecule has 1 saturated heterocycles. The SMILES string of the molecule is Cc1c(C(=O)N2CCCC(c3c(S(C)(=O)=O)cnc4ncnn34)C2)oc2ccccc12. The van der Waals surface area contributed by atoms with E-state index < -0.39 is 9.84 Å². The van der Waals surface area contributed by atoms with Crippen LogP contribution in [0.25, 0.3) is 16.7 Å². The van der Waals surface area contributed by atoms with Gasteiger partial charge in [0.2, 0.25) is 0 Å². The number of aryl methyl sites for hydroxylation is 1. The van der Waals surface area contributed by atoms with Crippen LogP contribution in [0.5, 0.6) is 0 Å². The highest BCUT2D eigenvalue weighted by Crippen LogP contribution is 2.33. The van der Waals surface area contributed by atoms with Crippen LogP contribution in [0.1, 0.15) is 40.6 Å². The second-order valence-electron chi connectivity index (χ2n) is 7.89. The number of amides is 1. The molecular weight excluding hydrogens is 418 g/mol. The van der Waals surface area contributed by atoms with Crippen LogP contribution in [0.15, 0.2) is 46.1 Å². The number of likely N-dealkylation sites (tertiary alicyclic amines) is 1. The van der Waals surface area contributed by atoms with Crippen molar-refractivity contribution in [1.82, 2.24) is 24.5 Å². The first-order chi connectivity index (χ1) is 14.8. The van der Waals surface area contributed by atoms with Crippen LogP contribution in [0.2, 0.25) is 0 Å². The van der Waals surface area contributed by atoms with Crippen molar-refractivity contribution in [3.05, 3.63) is 53.8 Å². The number of piperidine rings is 1. The smallest absolute Gasteiger partial charge is 0.289 e. The van der Waals surface area contributed by atoms with Gasteiger partial charge >= 0.3 is 0 Å². The number of hydrogen-bond acceptors (Lipinski definition) is 7. The van der Waals surface area contributed by atoms with Crippen molar-refractivity contribution < 1.29 is 17.6 Å². The third-order valence-electron chi connectivity index (χ3n) is 5.84. The highest BCUT2D eigenvalue weighted by molar-refractivity contribution is 7.90. The van der Waals surface area contributed by atoms with Crippen LogP contribution < -0.4 is 0 Å². The van der Waals surface area contributed by atoms with E-state index in [4.69, 9.17) is 4.42 Å². The Bertz CT molecular complexity index is 1420. The standard InChI is InChI=1S/C21H21N5O4S/c1-13-15-7-3-4-8-16(15)30-19(13)20(27)25-9-5-6-14(11-25)18-17(31(2,28)29)10-22-21-23-12-24-26(18)21/h3-4,7-8,10,12,14H,5-6,9,11H2,1-2H3. The molecule has 1 fully saturated rings. The molecule has 0 radical (unpaired) electrons. The average Bonchev–Trinajstić information content (AvgIpc) is 3.37. The van der Waals surface area contributed by atoms with Gasteiger partial charge in [0, 0.05) is 36.2 Å². The number of sulfone groups is 1. The highest BCUT2D eigenvalue weighted by atomic mass is 32.2. The fraction of sp³-hybridized carbons (Fsp3) is 0.333. The van der Waals surface area contributed by atoms with E-state index in [9.17, 15) is 13.2 Å². The molecule has 5 rings (SSSR count). The third-order valence-corrected chi connectivity index (χ3v) is 6.95. The third kappa shape index (κ3) is 3.27. The molecule has 9 nitrogen and oxygen atoms in total. The van der Waals surface area contributed by atoms with Crippen molar-refractivity contribution in [3.63, 3.8) is 0 Å². The van der Waals surface area contributed by atoms with Crippen molar-refractivity contribution in [1.29, 1.82) is 0 Å². The number of rotatable bonds is 3. The first kappa shape index (κ1) is 19.7. The van der Waals surface area contributed by atoms with E-state index in [2.05, 4.69) is 15.1 Å². The summed E-state index contributed by atoms with van der Waals surface area (Å²) >= 11 is 0. The number of furan rings is 1. The van der Waals surface area contributed by atoms with Crippen molar-refractivity contribution >= 4 is 32.5 Å². The number of aromatic nitrogens is 4. The van der Waals surface area contributed by atoms with Crippen LogP contribution in [-0.4, -0.2) is 58.2 Å². The van der Waals surface area contributed by atoms with Crippen LogP contribution in [0.4, 0.5) is 0 Å². The zero-order valence-electron chi connectivity index (χ0n) is 17.1. The molecule has 10 heteroatoms. The molecule has 1 atom stereocenters. The summed E-state index contributed by atoms with van der Waals surface area (Å²) in [4.78, 5) is 23.4. The molecule has 1 amide bonds. The van der Waals surface area contributed by atoms with Gasteiger partial charge in [-0.3, -0.25) is 4.79 Å². The number of nitrogens with zero attached hydrogens (tertiary/aromatic N) is 5. The van der Waals surface area contributed by atoms with Gasteiger partial charge in [0.05, 0.1) is 11.9 Å². The maximum absolute atomic E-state index is 13.3. The Kier molecular flexibility index (Phi) is 4.54. The van der Waals surface area contributed by atoms with Gasteiger partial charge in [0.25, 0.3) is 11.7 Å². The lowest BCUT2D eigenvalue weighted by atomic mass is 9.94. The molecule has 3 aromatic heterocycles. The van der Waals surface area contributed by atoms with Crippen LogP contribution in [-0.2, 0) is 9.84 Å². The Labute approximate surface area is 178 Å². The molecule has 1 aliphatic heterocycles. The summed E-state index contributed by atoms with van der Waals surface area (Å²) in [6.07, 6.45) is 5.29. The predicted octanol–water partition coefficient (Wildman–Crippen LogP) is 2.60. The molecule has 0 aliphatic carbocycles. The minimum Gasteiger partial charge on any atom is -0.451 e. The number of carbonyl (C=O) groups is 1. The number of benzene rings is 1. The van der Waals surface area contributed by atoms with Crippen LogP contribution in [0.3, 0.4) is 0 Å². The van der Waals surface area contributed by atoms with E-state index >= 15 is 0 Å². The van der Waals surface area contributed by atoms with E-state index in [-0.39, 0.29) is 16.7 Å². The normalized spacial score (nSPS) is 17.5. The van der Waals surface area contributed by atoms with E-state index in [0.717, 1.165) is 30.0 Å². The van der Waals surface area contributed by atoms with E-state index in [1.165, 1.54) is 17.0 Å². The predicted molar refractivity (Wildman–Crippen MR) is 113 cm³/mol. The van der Waals surface area contributed by atoms with Gasteiger partial charge in [-0.1, -0.05) is 18.2 Å². The molecule has 0 spiro atoms. The average molecular weight is 439 g/mol. The summed E-state index contributed by atoms with van der Waals surface area (Å²) in [6, 6.07) is 7.56. The van der Waals surface area contributed by atoms with Gasteiger partial charge < -0.3 is 9.32 Å². The molecule has 1 aromatic carbocycles. The Balaban J connectivity index is 1.53. The monoisotopic (exact) mass is 439 g/mol. The number of para-hydroxylation sites is 1. The maximum Gasteiger partial charge on any atom is 0.289 e. The van der Waals surface area contributed by atoms with E-state index in [1.807, 2.05) is 31.2 Å². The molecule has 1 unspecified atom stereocenters. The Morgan fingerprint density at radius 2 is 2.03 bits per heavy atom. The Hall–Kier alpha value is -3.27. The maximum atomic E-state index is 13.3. The fourth-order valence-electron chi connectivity index (χ4n) is 4.35. The van der Waals surface area contributed by atoms with Gasteiger partial charge in [-0.05, 0) is 25.8 Å². The van der Waals surface area contributed by atoms with Gasteiger partial charge in [0.15, 0.2) is 15.6 Å². The molecule has 31 heavy (non-hydrogen) atoms. The lowest BCUT2D eigenvalue weighted by Crippen LogP contribution is -2.40. The highest BCUT2D eigenvalue weighted by Gasteiger charge is 2.33. The van der Waals surface area contributed by atoms with E-state index in [1.54, 1.807) is 4.90 Å². The van der Waals surface area contributed by atoms with E-state index in [0.29, 0.717) is 35.9 Å². The summed E-state index contributed by atoms with van der Waals surface area (Å²) in [7, 11) is -3.54. The summed E-state index contributed by atoms with van der Waals surface area (Å²) in [6.45, 7) is 2.81. The first-order valence-electron chi connectivity index (χ1n) is 10.0. The lowest BCUT2D eigenvalue weighted by molar-refractivity contribution is 0.0673. The zero-order chi connectivity index (χ0) is 21.8. The summed E-state index contributed by atoms with van der Waals surface area (Å²) in [5.74, 6) is 0.243. The van der Waals surface area contributed by atoms with Gasteiger partial charge in [-0.15, -0.1) is 0 Å². The minimum absolute atomic E-state index is 0.115. The second-order valence-corrected chi connectivity index (χ2v) is 9.88. The number of hydrogen-bond donors (Lipinski definition) is 0. The molecule has 0 bridgehead atoms.